The molecule has 1 N–H and O–H groups in total. The third-order valence-corrected chi connectivity index (χ3v) is 7.96. The van der Waals surface area contributed by atoms with Gasteiger partial charge in [-0.25, -0.2) is 12.8 Å². The van der Waals surface area contributed by atoms with Crippen molar-refractivity contribution in [3.8, 4) is 11.1 Å². The van der Waals surface area contributed by atoms with Crippen LogP contribution in [0.5, 0.6) is 0 Å². The second-order valence-electron chi connectivity index (χ2n) is 8.63. The summed E-state index contributed by atoms with van der Waals surface area (Å²) in [5, 5.41) is -0.617. The van der Waals surface area contributed by atoms with E-state index in [0.717, 1.165) is 12.0 Å². The largest absolute Gasteiger partial charge is 0.361 e. The molecule has 0 atom stereocenters. The molecule has 2 heterocycles. The van der Waals surface area contributed by atoms with Crippen LogP contribution in [-0.4, -0.2) is 48.6 Å². The van der Waals surface area contributed by atoms with Crippen molar-refractivity contribution in [1.29, 1.82) is 0 Å². The highest BCUT2D eigenvalue weighted by Crippen LogP contribution is 2.36. The van der Waals surface area contributed by atoms with Gasteiger partial charge in [-0.05, 0) is 79.1 Å². The molecule has 2 aliphatic rings. The summed E-state index contributed by atoms with van der Waals surface area (Å²) in [6, 6.07) is 4.85. The van der Waals surface area contributed by atoms with Crippen molar-refractivity contribution < 1.29 is 17.6 Å². The lowest BCUT2D eigenvalue weighted by molar-refractivity contribution is -0.118. The number of nitrogens with one attached hydrogen (secondary N) is 1. The number of halogens is 1. The molecule has 4 rings (SSSR count). The number of carbonyl (C=O) groups is 1. The summed E-state index contributed by atoms with van der Waals surface area (Å²) in [7, 11) is -3.78. The number of aromatic nitrogens is 1. The minimum atomic E-state index is -3.78. The number of likely N-dealkylation sites (tertiary alicyclic amines) is 1. The van der Waals surface area contributed by atoms with Gasteiger partial charge in [0.05, 0.1) is 6.42 Å². The lowest BCUT2D eigenvalue weighted by Crippen LogP contribution is -2.60. The van der Waals surface area contributed by atoms with Crippen LogP contribution in [0.25, 0.3) is 16.0 Å². The van der Waals surface area contributed by atoms with E-state index in [4.69, 9.17) is 6.57 Å². The van der Waals surface area contributed by atoms with Crippen LogP contribution in [0, 0.1) is 12.4 Å². The first-order valence-corrected chi connectivity index (χ1v) is 12.2. The second-order valence-corrected chi connectivity index (χ2v) is 10.6. The van der Waals surface area contributed by atoms with E-state index in [1.807, 2.05) is 18.7 Å². The first-order valence-electron chi connectivity index (χ1n) is 10.6. The van der Waals surface area contributed by atoms with Crippen LogP contribution < -0.4 is 4.72 Å². The number of nitrogens with zero attached hydrogens (tertiary/aromatic N) is 3. The van der Waals surface area contributed by atoms with Gasteiger partial charge in [0.2, 0.25) is 15.9 Å². The van der Waals surface area contributed by atoms with Crippen molar-refractivity contribution in [1.82, 2.24) is 14.6 Å². The number of pyridine rings is 1. The maximum atomic E-state index is 14.8. The quantitative estimate of drug-likeness (QED) is 0.676. The van der Waals surface area contributed by atoms with E-state index in [0.29, 0.717) is 48.2 Å². The van der Waals surface area contributed by atoms with Gasteiger partial charge in [-0.3, -0.25) is 14.4 Å². The molecule has 0 radical (unpaired) electrons. The molecular weight excluding hydrogens is 431 g/mol. The van der Waals surface area contributed by atoms with Gasteiger partial charge < -0.3 is 4.85 Å². The van der Waals surface area contributed by atoms with Gasteiger partial charge in [-0.1, -0.05) is 6.57 Å². The molecule has 1 amide bonds. The van der Waals surface area contributed by atoms with Crippen LogP contribution >= 0.6 is 0 Å². The Morgan fingerprint density at radius 3 is 2.72 bits per heavy atom. The average molecular weight is 457 g/mol. The van der Waals surface area contributed by atoms with Crippen LogP contribution in [0.4, 0.5) is 10.2 Å². The smallest absolute Gasteiger partial charge is 0.270 e. The van der Waals surface area contributed by atoms with Crippen LogP contribution in [0.2, 0.25) is 0 Å². The summed E-state index contributed by atoms with van der Waals surface area (Å²) < 4.78 is 42.3. The third-order valence-electron chi connectivity index (χ3n) is 6.28. The molecule has 0 saturated carbocycles. The van der Waals surface area contributed by atoms with Gasteiger partial charge in [0.1, 0.15) is 17.3 Å². The Kier molecular flexibility index (Phi) is 6.01. The summed E-state index contributed by atoms with van der Waals surface area (Å²) >= 11 is 0. The molecule has 0 bridgehead atoms. The lowest BCUT2D eigenvalue weighted by atomic mass is 9.91. The number of carbonyl (C=O) groups excluding carboxylic acids is 1. The fraction of sp³-hybridized carbons (Fsp3) is 0.435. The van der Waals surface area contributed by atoms with E-state index < -0.39 is 21.2 Å². The maximum Gasteiger partial charge on any atom is 0.270 e. The van der Waals surface area contributed by atoms with E-state index in [1.54, 1.807) is 12.1 Å². The Morgan fingerprint density at radius 1 is 1.31 bits per heavy atom. The fourth-order valence-electron chi connectivity index (χ4n) is 4.44. The number of rotatable bonds is 6. The van der Waals surface area contributed by atoms with Crippen molar-refractivity contribution in [3.63, 3.8) is 0 Å². The Hall–Kier alpha value is -2.83. The summed E-state index contributed by atoms with van der Waals surface area (Å²) in [5.74, 6) is -0.802. The number of sulfonamides is 1. The molecule has 2 aromatic rings. The first kappa shape index (κ1) is 22.4. The predicted molar refractivity (Wildman–Crippen MR) is 119 cm³/mol. The van der Waals surface area contributed by atoms with E-state index in [2.05, 4.69) is 14.6 Å². The zero-order chi connectivity index (χ0) is 23.0. The number of benzene rings is 1. The minimum absolute atomic E-state index is 0.168. The summed E-state index contributed by atoms with van der Waals surface area (Å²) in [6.45, 7) is 12.0. The van der Waals surface area contributed by atoms with Crippen LogP contribution in [0.1, 0.15) is 37.0 Å². The molecular formula is C23H25FN4O3S. The Morgan fingerprint density at radius 2 is 2.03 bits per heavy atom. The maximum absolute atomic E-state index is 14.8. The van der Waals surface area contributed by atoms with Gasteiger partial charge in [0.15, 0.2) is 0 Å². The highest BCUT2D eigenvalue weighted by atomic mass is 32.2. The van der Waals surface area contributed by atoms with Gasteiger partial charge in [-0.15, -0.1) is 4.98 Å². The monoisotopic (exact) mass is 456 g/mol. The Bertz CT molecular complexity index is 1210. The van der Waals surface area contributed by atoms with Crippen molar-refractivity contribution >= 4 is 21.7 Å². The molecule has 1 aromatic heterocycles. The SMILES string of the molecule is [C-]#[N+]c1cc(-c2cc(F)c3c(c2CC(=O)NS(=O)(=O)C2CN(C(C)C)C2)CCC3)ccn1. The molecule has 0 spiro atoms. The lowest BCUT2D eigenvalue weighted by Gasteiger charge is -2.41. The van der Waals surface area contributed by atoms with Crippen LogP contribution in [0.3, 0.4) is 0 Å². The predicted octanol–water partition coefficient (Wildman–Crippen LogP) is 3.01. The highest BCUT2D eigenvalue weighted by molar-refractivity contribution is 7.90. The topological polar surface area (TPSA) is 83.7 Å². The number of hydrogen-bond donors (Lipinski definition) is 1. The first-order chi connectivity index (χ1) is 15.2. The van der Waals surface area contributed by atoms with Gasteiger partial charge in [0, 0.05) is 19.1 Å². The van der Waals surface area contributed by atoms with Gasteiger partial charge >= 0.3 is 0 Å². The van der Waals surface area contributed by atoms with E-state index >= 15 is 0 Å². The average Bonchev–Trinajstić information content (AvgIpc) is 3.18. The zero-order valence-electron chi connectivity index (χ0n) is 18.1. The fourth-order valence-corrected chi connectivity index (χ4v) is 5.77. The van der Waals surface area contributed by atoms with Crippen molar-refractivity contribution in [2.45, 2.75) is 50.8 Å². The zero-order valence-corrected chi connectivity index (χ0v) is 18.9. The van der Waals surface area contributed by atoms with E-state index in [1.165, 1.54) is 12.3 Å². The van der Waals surface area contributed by atoms with Crippen LogP contribution in [-0.2, 0) is 34.1 Å². The summed E-state index contributed by atoms with van der Waals surface area (Å²) in [6.07, 6.45) is 3.29. The Labute approximate surface area is 187 Å². The van der Waals surface area contributed by atoms with Crippen molar-refractivity contribution in [2.24, 2.45) is 0 Å². The molecule has 1 fully saturated rings. The molecule has 9 heteroatoms. The molecule has 1 aromatic carbocycles. The normalized spacial score (nSPS) is 16.5. The number of hydrogen-bond acceptors (Lipinski definition) is 5. The van der Waals surface area contributed by atoms with Crippen molar-refractivity contribution in [2.75, 3.05) is 13.1 Å². The molecule has 1 aliphatic carbocycles. The number of amides is 1. The summed E-state index contributed by atoms with van der Waals surface area (Å²) in [5.41, 5.74) is 3.05. The molecule has 0 unspecified atom stereocenters. The molecule has 1 aliphatic heterocycles. The standard InChI is InChI=1S/C23H25FN4O3S/c1-14(2)28-12-16(13-28)32(30,31)27-23(29)11-20-17-5-4-6-18(17)21(24)10-19(20)15-7-8-26-22(9-15)25-3/h7-10,14,16H,4-6,11-13H2,1-2H3,(H,27,29). The number of fused-ring (bicyclic) bond motifs is 1. The third kappa shape index (κ3) is 4.25. The van der Waals surface area contributed by atoms with E-state index in [-0.39, 0.29) is 24.1 Å². The molecule has 168 valence electrons. The molecule has 7 nitrogen and oxygen atoms in total. The van der Waals surface area contributed by atoms with Crippen molar-refractivity contribution in [3.05, 3.63) is 58.3 Å². The minimum Gasteiger partial charge on any atom is -0.361 e. The highest BCUT2D eigenvalue weighted by Gasteiger charge is 2.39. The van der Waals surface area contributed by atoms with Gasteiger partial charge in [0.25, 0.3) is 5.82 Å². The molecule has 1 saturated heterocycles. The molecule has 32 heavy (non-hydrogen) atoms. The summed E-state index contributed by atoms with van der Waals surface area (Å²) in [4.78, 5) is 22.1. The van der Waals surface area contributed by atoms with Gasteiger partial charge in [-0.2, -0.15) is 0 Å². The Balaban J connectivity index is 1.62. The van der Waals surface area contributed by atoms with Crippen LogP contribution in [0.15, 0.2) is 24.4 Å². The van der Waals surface area contributed by atoms with E-state index in [9.17, 15) is 17.6 Å². The second kappa shape index (κ2) is 8.60.